The quantitative estimate of drug-likeness (QED) is 0.750. The number of hydrogen-bond acceptors (Lipinski definition) is 1. The van der Waals surface area contributed by atoms with E-state index in [4.69, 9.17) is 0 Å². The van der Waals surface area contributed by atoms with Gasteiger partial charge in [-0.1, -0.05) is 19.8 Å². The highest BCUT2D eigenvalue weighted by molar-refractivity contribution is 5.79. The Labute approximate surface area is 111 Å². The topological polar surface area (TPSA) is 20.3 Å². The third-order valence-corrected chi connectivity index (χ3v) is 5.45. The molecule has 18 heavy (non-hydrogen) atoms. The summed E-state index contributed by atoms with van der Waals surface area (Å²) in [5, 5.41) is 0. The average Bonchev–Trinajstić information content (AvgIpc) is 3.06. The van der Waals surface area contributed by atoms with Crippen molar-refractivity contribution in [1.82, 2.24) is 4.90 Å². The molecule has 3 fully saturated rings. The number of rotatable bonds is 3. The van der Waals surface area contributed by atoms with Gasteiger partial charge in [0.1, 0.15) is 0 Å². The van der Waals surface area contributed by atoms with Crippen LogP contribution in [0.2, 0.25) is 0 Å². The first-order valence-electron chi connectivity index (χ1n) is 8.06. The van der Waals surface area contributed by atoms with E-state index in [1.54, 1.807) is 0 Å². The van der Waals surface area contributed by atoms with E-state index >= 15 is 0 Å². The predicted octanol–water partition coefficient (Wildman–Crippen LogP) is 3.46. The summed E-state index contributed by atoms with van der Waals surface area (Å²) in [7, 11) is 0. The Hall–Kier alpha value is -0.530. The van der Waals surface area contributed by atoms with Crippen molar-refractivity contribution < 1.29 is 4.79 Å². The Kier molecular flexibility index (Phi) is 3.63. The lowest BCUT2D eigenvalue weighted by Gasteiger charge is -2.24. The van der Waals surface area contributed by atoms with Gasteiger partial charge in [-0.15, -0.1) is 0 Å². The monoisotopic (exact) mass is 249 g/mol. The highest BCUT2D eigenvalue weighted by Gasteiger charge is 2.48. The van der Waals surface area contributed by atoms with Gasteiger partial charge < -0.3 is 4.90 Å². The largest absolute Gasteiger partial charge is 0.342 e. The SMILES string of the molecule is CCCC1CCCN(C(=O)C2CC3CC3C2)CC1. The van der Waals surface area contributed by atoms with Crippen molar-refractivity contribution in [1.29, 1.82) is 0 Å². The maximum absolute atomic E-state index is 12.5. The zero-order valence-electron chi connectivity index (χ0n) is 11.7. The molecule has 2 saturated carbocycles. The van der Waals surface area contributed by atoms with Gasteiger partial charge in [-0.25, -0.2) is 0 Å². The first-order chi connectivity index (χ1) is 8.78. The molecule has 3 aliphatic rings. The summed E-state index contributed by atoms with van der Waals surface area (Å²) in [5.41, 5.74) is 0. The first kappa shape index (κ1) is 12.5. The highest BCUT2D eigenvalue weighted by Crippen LogP contribution is 2.54. The molecule has 3 unspecified atom stereocenters. The molecule has 3 rings (SSSR count). The maximum atomic E-state index is 12.5. The van der Waals surface area contributed by atoms with E-state index < -0.39 is 0 Å². The van der Waals surface area contributed by atoms with Gasteiger partial charge in [-0.05, 0) is 56.3 Å². The van der Waals surface area contributed by atoms with Crippen molar-refractivity contribution in [2.24, 2.45) is 23.7 Å². The first-order valence-corrected chi connectivity index (χ1v) is 8.06. The number of carbonyl (C=O) groups excluding carboxylic acids is 1. The fourth-order valence-electron chi connectivity index (χ4n) is 4.26. The molecule has 1 aliphatic heterocycles. The van der Waals surface area contributed by atoms with Gasteiger partial charge in [0.15, 0.2) is 0 Å². The Morgan fingerprint density at radius 1 is 1.11 bits per heavy atom. The van der Waals surface area contributed by atoms with E-state index in [-0.39, 0.29) is 0 Å². The molecule has 2 heteroatoms. The Morgan fingerprint density at radius 2 is 1.89 bits per heavy atom. The minimum absolute atomic E-state index is 0.400. The Morgan fingerprint density at radius 3 is 2.61 bits per heavy atom. The van der Waals surface area contributed by atoms with Crippen molar-refractivity contribution in [3.8, 4) is 0 Å². The van der Waals surface area contributed by atoms with Gasteiger partial charge in [0.25, 0.3) is 0 Å². The van der Waals surface area contributed by atoms with Crippen molar-refractivity contribution >= 4 is 5.91 Å². The van der Waals surface area contributed by atoms with Crippen LogP contribution < -0.4 is 0 Å². The fourth-order valence-corrected chi connectivity index (χ4v) is 4.26. The third-order valence-electron chi connectivity index (χ3n) is 5.45. The van der Waals surface area contributed by atoms with E-state index in [0.717, 1.165) is 30.8 Å². The van der Waals surface area contributed by atoms with E-state index in [1.807, 2.05) is 0 Å². The minimum atomic E-state index is 0.400. The standard InChI is InChI=1S/C16H27NO/c1-2-4-12-5-3-7-17(8-6-12)16(18)15-10-13-9-14(13)11-15/h12-15H,2-11H2,1H3. The summed E-state index contributed by atoms with van der Waals surface area (Å²) < 4.78 is 0. The van der Waals surface area contributed by atoms with Crippen LogP contribution >= 0.6 is 0 Å². The Bertz CT molecular complexity index is 304. The van der Waals surface area contributed by atoms with Crippen LogP contribution in [0.1, 0.15) is 58.3 Å². The zero-order chi connectivity index (χ0) is 12.5. The summed E-state index contributed by atoms with van der Waals surface area (Å²) in [5.74, 6) is 3.64. The molecule has 0 aromatic carbocycles. The number of nitrogens with zero attached hydrogens (tertiary/aromatic N) is 1. The summed E-state index contributed by atoms with van der Waals surface area (Å²) in [4.78, 5) is 14.7. The molecular weight excluding hydrogens is 222 g/mol. The van der Waals surface area contributed by atoms with Gasteiger partial charge in [-0.3, -0.25) is 4.79 Å². The Balaban J connectivity index is 1.51. The van der Waals surface area contributed by atoms with Gasteiger partial charge in [0.05, 0.1) is 0 Å². The number of likely N-dealkylation sites (tertiary alicyclic amines) is 1. The lowest BCUT2D eigenvalue weighted by Crippen LogP contribution is -2.36. The number of carbonyl (C=O) groups is 1. The second kappa shape index (κ2) is 5.22. The maximum Gasteiger partial charge on any atom is 0.225 e. The summed E-state index contributed by atoms with van der Waals surface area (Å²) in [6, 6.07) is 0. The van der Waals surface area contributed by atoms with Crippen LogP contribution in [-0.2, 0) is 4.79 Å². The highest BCUT2D eigenvalue weighted by atomic mass is 16.2. The summed E-state index contributed by atoms with van der Waals surface area (Å²) >= 11 is 0. The summed E-state index contributed by atoms with van der Waals surface area (Å²) in [6.45, 7) is 4.35. The number of hydrogen-bond donors (Lipinski definition) is 0. The van der Waals surface area contributed by atoms with E-state index in [1.165, 1.54) is 51.4 Å². The number of fused-ring (bicyclic) bond motifs is 1. The molecule has 2 aliphatic carbocycles. The normalized spacial score (nSPS) is 39.3. The van der Waals surface area contributed by atoms with Crippen LogP contribution in [0.4, 0.5) is 0 Å². The molecule has 1 heterocycles. The van der Waals surface area contributed by atoms with Crippen LogP contribution in [0.5, 0.6) is 0 Å². The second-order valence-electron chi connectivity index (χ2n) is 6.84. The van der Waals surface area contributed by atoms with Crippen molar-refractivity contribution in [3.63, 3.8) is 0 Å². The summed E-state index contributed by atoms with van der Waals surface area (Å²) in [6.07, 6.45) is 10.3. The van der Waals surface area contributed by atoms with Gasteiger partial charge in [0.2, 0.25) is 5.91 Å². The van der Waals surface area contributed by atoms with Crippen molar-refractivity contribution in [2.45, 2.75) is 58.3 Å². The van der Waals surface area contributed by atoms with Gasteiger partial charge in [-0.2, -0.15) is 0 Å². The molecule has 102 valence electrons. The van der Waals surface area contributed by atoms with Crippen molar-refractivity contribution in [2.75, 3.05) is 13.1 Å². The molecule has 2 nitrogen and oxygen atoms in total. The van der Waals surface area contributed by atoms with E-state index in [9.17, 15) is 4.79 Å². The lowest BCUT2D eigenvalue weighted by molar-refractivity contribution is -0.135. The van der Waals surface area contributed by atoms with Crippen LogP contribution in [0.3, 0.4) is 0 Å². The molecule has 3 atom stereocenters. The van der Waals surface area contributed by atoms with Crippen LogP contribution in [0.15, 0.2) is 0 Å². The molecule has 1 saturated heterocycles. The molecule has 0 spiro atoms. The van der Waals surface area contributed by atoms with E-state index in [2.05, 4.69) is 11.8 Å². The van der Waals surface area contributed by atoms with Gasteiger partial charge in [0, 0.05) is 19.0 Å². The molecule has 0 N–H and O–H groups in total. The van der Waals surface area contributed by atoms with Crippen LogP contribution in [-0.4, -0.2) is 23.9 Å². The number of amides is 1. The zero-order valence-corrected chi connectivity index (χ0v) is 11.7. The molecule has 1 amide bonds. The van der Waals surface area contributed by atoms with Crippen LogP contribution in [0, 0.1) is 23.7 Å². The molecular formula is C16H27NO. The molecule has 0 radical (unpaired) electrons. The molecule has 0 aromatic rings. The average molecular weight is 249 g/mol. The predicted molar refractivity (Wildman–Crippen MR) is 73.2 cm³/mol. The lowest BCUT2D eigenvalue weighted by atomic mass is 9.96. The second-order valence-corrected chi connectivity index (χ2v) is 6.84. The van der Waals surface area contributed by atoms with Crippen molar-refractivity contribution in [3.05, 3.63) is 0 Å². The minimum Gasteiger partial charge on any atom is -0.342 e. The van der Waals surface area contributed by atoms with Gasteiger partial charge >= 0.3 is 0 Å². The fraction of sp³-hybridized carbons (Fsp3) is 0.938. The third kappa shape index (κ3) is 2.57. The van der Waals surface area contributed by atoms with E-state index in [0.29, 0.717) is 11.8 Å². The smallest absolute Gasteiger partial charge is 0.225 e. The molecule has 0 bridgehead atoms. The molecule has 0 aromatic heterocycles. The van der Waals surface area contributed by atoms with Crippen LogP contribution in [0.25, 0.3) is 0 Å².